The molecule has 1 aromatic carbocycles. The second-order valence-electron chi connectivity index (χ2n) is 5.04. The molecule has 6 heteroatoms. The summed E-state index contributed by atoms with van der Waals surface area (Å²) in [4.78, 5) is 26.8. The quantitative estimate of drug-likeness (QED) is 0.755. The van der Waals surface area contributed by atoms with Gasteiger partial charge < -0.3 is 19.5 Å². The predicted molar refractivity (Wildman–Crippen MR) is 85.9 cm³/mol. The van der Waals surface area contributed by atoms with Crippen molar-refractivity contribution in [3.8, 4) is 5.75 Å². The Morgan fingerprint density at radius 2 is 2.17 bits per heavy atom. The lowest BCUT2D eigenvalue weighted by atomic mass is 10.1. The molecule has 0 radical (unpaired) electrons. The third-order valence-corrected chi connectivity index (χ3v) is 3.60. The van der Waals surface area contributed by atoms with Gasteiger partial charge in [-0.3, -0.25) is 9.59 Å². The van der Waals surface area contributed by atoms with Crippen LogP contribution in [0.1, 0.15) is 16.1 Å². The summed E-state index contributed by atoms with van der Waals surface area (Å²) in [7, 11) is 1.37. The minimum Gasteiger partial charge on any atom is -0.490 e. The van der Waals surface area contributed by atoms with Crippen LogP contribution in [0.3, 0.4) is 0 Å². The van der Waals surface area contributed by atoms with Crippen LogP contribution in [0.5, 0.6) is 5.75 Å². The van der Waals surface area contributed by atoms with Crippen molar-refractivity contribution < 1.29 is 13.9 Å². The highest BCUT2D eigenvalue weighted by atomic mass is 16.5. The van der Waals surface area contributed by atoms with Crippen molar-refractivity contribution in [2.45, 2.75) is 6.42 Å². The van der Waals surface area contributed by atoms with Gasteiger partial charge in [-0.1, -0.05) is 18.2 Å². The summed E-state index contributed by atoms with van der Waals surface area (Å²) >= 11 is 0. The molecule has 23 heavy (non-hydrogen) atoms. The number of aromatic nitrogens is 1. The number of methoxy groups -OCH3 is 1. The number of aromatic amines is 1. The van der Waals surface area contributed by atoms with Crippen LogP contribution in [0.15, 0.2) is 52.0 Å². The Morgan fingerprint density at radius 1 is 1.35 bits per heavy atom. The molecule has 2 N–H and O–H groups in total. The summed E-state index contributed by atoms with van der Waals surface area (Å²) in [6, 6.07) is 9.11. The number of ether oxygens (including phenoxy) is 1. The summed E-state index contributed by atoms with van der Waals surface area (Å²) in [5, 5.41) is 3.88. The zero-order chi connectivity index (χ0) is 16.2. The molecule has 1 amide bonds. The van der Waals surface area contributed by atoms with Crippen LogP contribution in [0, 0.1) is 0 Å². The molecule has 2 aromatic heterocycles. The van der Waals surface area contributed by atoms with Gasteiger partial charge in [-0.25, -0.2) is 0 Å². The number of H-pyrrole nitrogens is 1. The fraction of sp³-hybridized carbons (Fsp3) is 0.176. The van der Waals surface area contributed by atoms with Crippen molar-refractivity contribution in [3.05, 3.63) is 64.3 Å². The SMILES string of the molecule is COc1coc(C(=O)NCCc2c[nH]c3ccccc23)cc1=O. The van der Waals surface area contributed by atoms with Gasteiger partial charge >= 0.3 is 0 Å². The molecule has 118 valence electrons. The Labute approximate surface area is 132 Å². The van der Waals surface area contributed by atoms with Crippen molar-refractivity contribution in [1.82, 2.24) is 10.3 Å². The fourth-order valence-corrected chi connectivity index (χ4v) is 2.40. The third kappa shape index (κ3) is 3.11. The molecule has 0 bridgehead atoms. The van der Waals surface area contributed by atoms with E-state index < -0.39 is 5.91 Å². The summed E-state index contributed by atoms with van der Waals surface area (Å²) < 4.78 is 9.92. The Bertz CT molecular complexity index is 895. The van der Waals surface area contributed by atoms with Gasteiger partial charge in [0.2, 0.25) is 11.2 Å². The number of benzene rings is 1. The molecule has 0 spiro atoms. The van der Waals surface area contributed by atoms with Crippen LogP contribution in [0.4, 0.5) is 0 Å². The van der Waals surface area contributed by atoms with Gasteiger partial charge in [0.05, 0.1) is 7.11 Å². The maximum atomic E-state index is 12.0. The molecule has 0 saturated carbocycles. The first-order valence-corrected chi connectivity index (χ1v) is 7.19. The second-order valence-corrected chi connectivity index (χ2v) is 5.04. The Morgan fingerprint density at radius 3 is 2.96 bits per heavy atom. The molecule has 0 unspecified atom stereocenters. The van der Waals surface area contributed by atoms with Crippen LogP contribution in [0.2, 0.25) is 0 Å². The maximum Gasteiger partial charge on any atom is 0.287 e. The van der Waals surface area contributed by atoms with Gasteiger partial charge in [-0.2, -0.15) is 0 Å². The van der Waals surface area contributed by atoms with E-state index in [1.165, 1.54) is 7.11 Å². The summed E-state index contributed by atoms with van der Waals surface area (Å²) in [6.45, 7) is 0.441. The van der Waals surface area contributed by atoms with Crippen molar-refractivity contribution in [2.75, 3.05) is 13.7 Å². The van der Waals surface area contributed by atoms with Crippen molar-refractivity contribution >= 4 is 16.8 Å². The number of carbonyl (C=O) groups excluding carboxylic acids is 1. The summed E-state index contributed by atoms with van der Waals surface area (Å²) in [5.41, 5.74) is 1.80. The summed E-state index contributed by atoms with van der Waals surface area (Å²) in [5.74, 6) is -0.389. The van der Waals surface area contributed by atoms with E-state index in [2.05, 4.69) is 10.3 Å². The van der Waals surface area contributed by atoms with E-state index in [9.17, 15) is 9.59 Å². The van der Waals surface area contributed by atoms with E-state index in [0.29, 0.717) is 13.0 Å². The maximum absolute atomic E-state index is 12.0. The summed E-state index contributed by atoms with van der Waals surface area (Å²) in [6.07, 6.45) is 3.75. The topological polar surface area (TPSA) is 84.3 Å². The van der Waals surface area contributed by atoms with E-state index in [4.69, 9.17) is 9.15 Å². The van der Waals surface area contributed by atoms with Crippen molar-refractivity contribution in [3.63, 3.8) is 0 Å². The molecule has 6 nitrogen and oxygen atoms in total. The third-order valence-electron chi connectivity index (χ3n) is 3.60. The number of hydrogen-bond acceptors (Lipinski definition) is 4. The first kappa shape index (κ1) is 14.9. The predicted octanol–water partition coefficient (Wildman–Crippen LogP) is 2.10. The minimum absolute atomic E-state index is 0.0327. The molecule has 2 heterocycles. The molecule has 0 aliphatic rings. The monoisotopic (exact) mass is 312 g/mol. The highest BCUT2D eigenvalue weighted by molar-refractivity contribution is 5.91. The molecule has 0 atom stereocenters. The van der Waals surface area contributed by atoms with Crippen LogP contribution in [-0.4, -0.2) is 24.5 Å². The first-order valence-electron chi connectivity index (χ1n) is 7.19. The normalized spacial score (nSPS) is 10.7. The molecule has 3 rings (SSSR count). The number of fused-ring (bicyclic) bond motifs is 1. The molecular weight excluding hydrogens is 296 g/mol. The zero-order valence-corrected chi connectivity index (χ0v) is 12.6. The van der Waals surface area contributed by atoms with Crippen LogP contribution in [0.25, 0.3) is 10.9 Å². The Balaban J connectivity index is 1.63. The highest BCUT2D eigenvalue weighted by Gasteiger charge is 2.11. The number of carbonyl (C=O) groups is 1. The lowest BCUT2D eigenvalue weighted by molar-refractivity contribution is 0.0923. The second kappa shape index (κ2) is 6.39. The Kier molecular flexibility index (Phi) is 4.14. The van der Waals surface area contributed by atoms with E-state index in [0.717, 1.165) is 28.8 Å². The van der Waals surface area contributed by atoms with Gasteiger partial charge in [0.25, 0.3) is 5.91 Å². The average Bonchev–Trinajstić information content (AvgIpc) is 2.98. The molecule has 0 saturated heterocycles. The lowest BCUT2D eigenvalue weighted by Gasteiger charge is -2.04. The van der Waals surface area contributed by atoms with E-state index >= 15 is 0 Å². The molecular formula is C17H16N2O4. The first-order chi connectivity index (χ1) is 11.2. The minimum atomic E-state index is -0.426. The smallest absolute Gasteiger partial charge is 0.287 e. The number of amides is 1. The molecule has 3 aromatic rings. The van der Waals surface area contributed by atoms with E-state index in [-0.39, 0.29) is 16.9 Å². The van der Waals surface area contributed by atoms with Gasteiger partial charge in [-0.15, -0.1) is 0 Å². The fourth-order valence-electron chi connectivity index (χ4n) is 2.40. The van der Waals surface area contributed by atoms with Crippen LogP contribution < -0.4 is 15.5 Å². The average molecular weight is 312 g/mol. The highest BCUT2D eigenvalue weighted by Crippen LogP contribution is 2.17. The van der Waals surface area contributed by atoms with Crippen molar-refractivity contribution in [2.24, 2.45) is 0 Å². The molecule has 0 fully saturated rings. The van der Waals surface area contributed by atoms with Gasteiger partial charge in [0.1, 0.15) is 6.26 Å². The molecule has 0 aliphatic carbocycles. The van der Waals surface area contributed by atoms with Gasteiger partial charge in [0, 0.05) is 29.7 Å². The van der Waals surface area contributed by atoms with Gasteiger partial charge in [0.15, 0.2) is 5.76 Å². The lowest BCUT2D eigenvalue weighted by Crippen LogP contribution is -2.26. The number of nitrogens with one attached hydrogen (secondary N) is 2. The van der Waals surface area contributed by atoms with E-state index in [1.54, 1.807) is 0 Å². The van der Waals surface area contributed by atoms with Crippen LogP contribution in [-0.2, 0) is 6.42 Å². The van der Waals surface area contributed by atoms with Crippen LogP contribution >= 0.6 is 0 Å². The molecule has 0 aliphatic heterocycles. The largest absolute Gasteiger partial charge is 0.490 e. The zero-order valence-electron chi connectivity index (χ0n) is 12.6. The number of hydrogen-bond donors (Lipinski definition) is 2. The van der Waals surface area contributed by atoms with E-state index in [1.807, 2.05) is 30.5 Å². The number of para-hydroxylation sites is 1. The van der Waals surface area contributed by atoms with Gasteiger partial charge in [-0.05, 0) is 18.1 Å². The standard InChI is InChI=1S/C17H16N2O4/c1-22-16-10-23-15(8-14(16)20)17(21)18-7-6-11-9-19-13-5-3-2-4-12(11)13/h2-5,8-10,19H,6-7H2,1H3,(H,18,21). The Hall–Kier alpha value is -3.02. The van der Waals surface area contributed by atoms with Crippen molar-refractivity contribution in [1.29, 1.82) is 0 Å². The number of rotatable bonds is 5.